The first-order chi connectivity index (χ1) is 6.88. The molecule has 0 aliphatic carbocycles. The van der Waals surface area contributed by atoms with Crippen LogP contribution < -0.4 is 0 Å². The van der Waals surface area contributed by atoms with Gasteiger partial charge in [0, 0.05) is 12.6 Å². The molecule has 1 aliphatic heterocycles. The summed E-state index contributed by atoms with van der Waals surface area (Å²) in [5.74, 6) is 0. The summed E-state index contributed by atoms with van der Waals surface area (Å²) in [5, 5.41) is 0. The SMILES string of the molecule is CCCCC1COCCN1CCCC. The summed E-state index contributed by atoms with van der Waals surface area (Å²) in [6.45, 7) is 8.85. The van der Waals surface area contributed by atoms with Crippen LogP contribution in [-0.2, 0) is 4.74 Å². The summed E-state index contributed by atoms with van der Waals surface area (Å²) in [5.41, 5.74) is 0. The van der Waals surface area contributed by atoms with Gasteiger partial charge >= 0.3 is 0 Å². The standard InChI is InChI=1S/C12H25NO/c1-3-5-7-12-11-14-10-9-13(12)8-6-4-2/h12H,3-11H2,1-2H3. The number of hydrogen-bond donors (Lipinski definition) is 0. The molecule has 1 saturated heterocycles. The fourth-order valence-electron chi connectivity index (χ4n) is 2.05. The number of nitrogens with zero attached hydrogens (tertiary/aromatic N) is 1. The van der Waals surface area contributed by atoms with Gasteiger partial charge in [0.2, 0.25) is 0 Å². The van der Waals surface area contributed by atoms with Gasteiger partial charge in [-0.1, -0.05) is 33.1 Å². The summed E-state index contributed by atoms with van der Waals surface area (Å²) in [6.07, 6.45) is 6.61. The van der Waals surface area contributed by atoms with Crippen LogP contribution >= 0.6 is 0 Å². The average Bonchev–Trinajstić information content (AvgIpc) is 2.24. The number of ether oxygens (including phenoxy) is 1. The monoisotopic (exact) mass is 199 g/mol. The number of morpholine rings is 1. The van der Waals surface area contributed by atoms with Gasteiger partial charge in [0.15, 0.2) is 0 Å². The molecule has 0 saturated carbocycles. The van der Waals surface area contributed by atoms with Crippen molar-refractivity contribution in [3.63, 3.8) is 0 Å². The van der Waals surface area contributed by atoms with Crippen LogP contribution in [-0.4, -0.2) is 37.2 Å². The molecule has 2 nitrogen and oxygen atoms in total. The van der Waals surface area contributed by atoms with Crippen LogP contribution in [0.2, 0.25) is 0 Å². The lowest BCUT2D eigenvalue weighted by Crippen LogP contribution is -2.45. The molecule has 0 aromatic rings. The minimum absolute atomic E-state index is 0.704. The molecule has 0 N–H and O–H groups in total. The Balaban J connectivity index is 2.26. The lowest BCUT2D eigenvalue weighted by molar-refractivity contribution is -0.0114. The zero-order valence-electron chi connectivity index (χ0n) is 9.80. The lowest BCUT2D eigenvalue weighted by Gasteiger charge is -2.35. The van der Waals surface area contributed by atoms with Gasteiger partial charge in [-0.15, -0.1) is 0 Å². The van der Waals surface area contributed by atoms with E-state index in [4.69, 9.17) is 4.74 Å². The number of rotatable bonds is 6. The third-order valence-electron chi connectivity index (χ3n) is 3.04. The van der Waals surface area contributed by atoms with Crippen LogP contribution in [0.15, 0.2) is 0 Å². The molecule has 1 fully saturated rings. The number of hydrogen-bond acceptors (Lipinski definition) is 2. The highest BCUT2D eigenvalue weighted by atomic mass is 16.5. The molecule has 1 aliphatic rings. The highest BCUT2D eigenvalue weighted by molar-refractivity contribution is 4.74. The largest absolute Gasteiger partial charge is 0.378 e. The first kappa shape index (κ1) is 12.0. The van der Waals surface area contributed by atoms with E-state index in [2.05, 4.69) is 18.7 Å². The molecular formula is C12H25NO. The van der Waals surface area contributed by atoms with E-state index in [0.29, 0.717) is 6.04 Å². The Morgan fingerprint density at radius 2 is 2.00 bits per heavy atom. The van der Waals surface area contributed by atoms with E-state index < -0.39 is 0 Å². The van der Waals surface area contributed by atoms with E-state index in [-0.39, 0.29) is 0 Å². The Labute approximate surface area is 88.6 Å². The van der Waals surface area contributed by atoms with Crippen molar-refractivity contribution >= 4 is 0 Å². The summed E-state index contributed by atoms with van der Waals surface area (Å²) in [7, 11) is 0. The molecule has 1 atom stereocenters. The minimum atomic E-state index is 0.704. The van der Waals surface area contributed by atoms with Gasteiger partial charge in [-0.05, 0) is 19.4 Å². The second-order valence-corrected chi connectivity index (χ2v) is 4.26. The first-order valence-corrected chi connectivity index (χ1v) is 6.20. The Morgan fingerprint density at radius 1 is 1.21 bits per heavy atom. The maximum atomic E-state index is 5.55. The van der Waals surface area contributed by atoms with E-state index in [0.717, 1.165) is 19.8 Å². The molecule has 0 bridgehead atoms. The topological polar surface area (TPSA) is 12.5 Å². The van der Waals surface area contributed by atoms with E-state index in [1.165, 1.54) is 38.6 Å². The van der Waals surface area contributed by atoms with Gasteiger partial charge in [0.1, 0.15) is 0 Å². The molecule has 0 amide bonds. The van der Waals surface area contributed by atoms with Crippen molar-refractivity contribution in [3.05, 3.63) is 0 Å². The van der Waals surface area contributed by atoms with Gasteiger partial charge in [-0.3, -0.25) is 4.90 Å². The molecule has 1 unspecified atom stereocenters. The van der Waals surface area contributed by atoms with Gasteiger partial charge < -0.3 is 4.74 Å². The Bertz CT molecular complexity index is 122. The molecule has 0 radical (unpaired) electrons. The fraction of sp³-hybridized carbons (Fsp3) is 1.00. The average molecular weight is 199 g/mol. The Kier molecular flexibility index (Phi) is 6.20. The van der Waals surface area contributed by atoms with Crippen molar-refractivity contribution in [1.29, 1.82) is 0 Å². The smallest absolute Gasteiger partial charge is 0.0622 e. The molecule has 0 spiro atoms. The highest BCUT2D eigenvalue weighted by Crippen LogP contribution is 2.14. The fourth-order valence-corrected chi connectivity index (χ4v) is 2.05. The molecule has 1 rings (SSSR count). The van der Waals surface area contributed by atoms with Crippen molar-refractivity contribution < 1.29 is 4.74 Å². The van der Waals surface area contributed by atoms with Crippen LogP contribution in [0.25, 0.3) is 0 Å². The first-order valence-electron chi connectivity index (χ1n) is 6.20. The Hall–Kier alpha value is -0.0800. The minimum Gasteiger partial charge on any atom is -0.378 e. The van der Waals surface area contributed by atoms with Gasteiger partial charge in [0.25, 0.3) is 0 Å². The van der Waals surface area contributed by atoms with Gasteiger partial charge in [-0.25, -0.2) is 0 Å². The summed E-state index contributed by atoms with van der Waals surface area (Å²) < 4.78 is 5.55. The maximum absolute atomic E-state index is 5.55. The maximum Gasteiger partial charge on any atom is 0.0622 e. The molecule has 84 valence electrons. The van der Waals surface area contributed by atoms with Gasteiger partial charge in [0.05, 0.1) is 13.2 Å². The van der Waals surface area contributed by atoms with Crippen LogP contribution in [0.4, 0.5) is 0 Å². The second-order valence-electron chi connectivity index (χ2n) is 4.26. The number of unbranched alkanes of at least 4 members (excludes halogenated alkanes) is 2. The summed E-state index contributed by atoms with van der Waals surface area (Å²) in [6, 6.07) is 0.704. The second kappa shape index (κ2) is 7.24. The van der Waals surface area contributed by atoms with Crippen LogP contribution in [0.5, 0.6) is 0 Å². The highest BCUT2D eigenvalue weighted by Gasteiger charge is 2.21. The predicted octanol–water partition coefficient (Wildman–Crippen LogP) is 2.68. The van der Waals surface area contributed by atoms with Gasteiger partial charge in [-0.2, -0.15) is 0 Å². The van der Waals surface area contributed by atoms with Crippen molar-refractivity contribution in [2.45, 2.75) is 52.0 Å². The molecule has 0 aromatic carbocycles. The van der Waals surface area contributed by atoms with E-state index in [9.17, 15) is 0 Å². The molecule has 14 heavy (non-hydrogen) atoms. The van der Waals surface area contributed by atoms with E-state index in [1.54, 1.807) is 0 Å². The zero-order valence-corrected chi connectivity index (χ0v) is 9.80. The van der Waals surface area contributed by atoms with E-state index >= 15 is 0 Å². The zero-order chi connectivity index (χ0) is 10.2. The lowest BCUT2D eigenvalue weighted by atomic mass is 10.1. The summed E-state index contributed by atoms with van der Waals surface area (Å²) in [4.78, 5) is 2.63. The van der Waals surface area contributed by atoms with E-state index in [1.807, 2.05) is 0 Å². The van der Waals surface area contributed by atoms with Crippen molar-refractivity contribution in [2.75, 3.05) is 26.3 Å². The van der Waals surface area contributed by atoms with Crippen LogP contribution in [0, 0.1) is 0 Å². The van der Waals surface area contributed by atoms with Crippen LogP contribution in [0.3, 0.4) is 0 Å². The van der Waals surface area contributed by atoms with Crippen molar-refractivity contribution in [2.24, 2.45) is 0 Å². The Morgan fingerprint density at radius 3 is 2.71 bits per heavy atom. The normalized spacial score (nSPS) is 24.0. The van der Waals surface area contributed by atoms with Crippen molar-refractivity contribution in [1.82, 2.24) is 4.90 Å². The third kappa shape index (κ3) is 3.97. The molecule has 2 heteroatoms. The predicted molar refractivity (Wildman–Crippen MR) is 60.6 cm³/mol. The molecular weight excluding hydrogens is 174 g/mol. The summed E-state index contributed by atoms with van der Waals surface area (Å²) >= 11 is 0. The third-order valence-corrected chi connectivity index (χ3v) is 3.04. The van der Waals surface area contributed by atoms with Crippen LogP contribution in [0.1, 0.15) is 46.0 Å². The molecule has 1 heterocycles. The molecule has 0 aromatic heterocycles. The quantitative estimate of drug-likeness (QED) is 0.652. The van der Waals surface area contributed by atoms with Crippen molar-refractivity contribution in [3.8, 4) is 0 Å².